The zero-order valence-electron chi connectivity index (χ0n) is 13.8. The third-order valence-electron chi connectivity index (χ3n) is 4.22. The highest BCUT2D eigenvalue weighted by molar-refractivity contribution is 9.10. The summed E-state index contributed by atoms with van der Waals surface area (Å²) in [5.41, 5.74) is 2.94. The van der Waals surface area contributed by atoms with Gasteiger partial charge in [0.2, 0.25) is 0 Å². The van der Waals surface area contributed by atoms with Crippen LogP contribution in [0.25, 0.3) is 0 Å². The molecule has 0 unspecified atom stereocenters. The molecule has 0 radical (unpaired) electrons. The van der Waals surface area contributed by atoms with Crippen LogP contribution in [0.5, 0.6) is 0 Å². The Morgan fingerprint density at radius 1 is 1.12 bits per heavy atom. The topological polar surface area (TPSA) is 42.3 Å². The molecule has 0 bridgehead atoms. The molecule has 25 heavy (non-hydrogen) atoms. The first kappa shape index (κ1) is 17.9. The summed E-state index contributed by atoms with van der Waals surface area (Å²) in [6.07, 6.45) is 0. The van der Waals surface area contributed by atoms with Crippen molar-refractivity contribution in [1.29, 1.82) is 5.26 Å². The zero-order chi connectivity index (χ0) is 17.6. The van der Waals surface area contributed by atoms with Gasteiger partial charge in [-0.1, -0.05) is 34.1 Å². The number of anilines is 1. The minimum Gasteiger partial charge on any atom is -0.346 e. The van der Waals surface area contributed by atoms with Crippen LogP contribution in [0, 0.1) is 11.3 Å². The number of hydrogen-bond donors (Lipinski definition) is 1. The monoisotopic (exact) mass is 414 g/mol. The Morgan fingerprint density at radius 2 is 1.84 bits per heavy atom. The van der Waals surface area contributed by atoms with Gasteiger partial charge in [0.15, 0.2) is 5.11 Å². The average molecular weight is 415 g/mol. The lowest BCUT2D eigenvalue weighted by Crippen LogP contribution is -2.49. The molecule has 3 rings (SSSR count). The van der Waals surface area contributed by atoms with E-state index in [1.165, 1.54) is 5.56 Å². The third-order valence-corrected chi connectivity index (χ3v) is 5.08. The normalized spacial score (nSPS) is 14.8. The Kier molecular flexibility index (Phi) is 6.03. The minimum absolute atomic E-state index is 0.706. The van der Waals surface area contributed by atoms with Crippen LogP contribution < -0.4 is 5.32 Å². The first-order chi connectivity index (χ1) is 12.1. The van der Waals surface area contributed by atoms with Crippen LogP contribution in [0.1, 0.15) is 11.1 Å². The van der Waals surface area contributed by atoms with Crippen LogP contribution in [0.2, 0.25) is 0 Å². The number of rotatable bonds is 3. The van der Waals surface area contributed by atoms with Crippen molar-refractivity contribution < 1.29 is 0 Å². The molecular formula is C19H19BrN4S. The molecule has 0 saturated carbocycles. The van der Waals surface area contributed by atoms with Gasteiger partial charge in [0.05, 0.1) is 11.6 Å². The van der Waals surface area contributed by atoms with E-state index < -0.39 is 0 Å². The summed E-state index contributed by atoms with van der Waals surface area (Å²) in [7, 11) is 0. The molecule has 0 aliphatic carbocycles. The van der Waals surface area contributed by atoms with E-state index in [0.717, 1.165) is 48.0 Å². The van der Waals surface area contributed by atoms with Crippen LogP contribution in [0.4, 0.5) is 5.69 Å². The fourth-order valence-corrected chi connectivity index (χ4v) is 3.52. The molecule has 1 aliphatic heterocycles. The largest absolute Gasteiger partial charge is 0.346 e. The SMILES string of the molecule is N#Cc1ccc(CN2CCN(C(=S)Nc3cccc(Br)c3)CC2)cc1. The Bertz CT molecular complexity index is 777. The standard InChI is InChI=1S/C19H19BrN4S/c20-17-2-1-3-18(12-17)22-19(25)24-10-8-23(9-11-24)14-16-6-4-15(13-21)5-7-16/h1-7,12H,8-11,14H2,(H,22,25). The van der Waals surface area contributed by atoms with Crippen LogP contribution >= 0.6 is 28.1 Å². The van der Waals surface area contributed by atoms with Gasteiger partial charge in [0.25, 0.3) is 0 Å². The fraction of sp³-hybridized carbons (Fsp3) is 0.263. The van der Waals surface area contributed by atoms with Crippen LogP contribution in [0.3, 0.4) is 0 Å². The van der Waals surface area contributed by atoms with Crippen molar-refractivity contribution in [3.05, 3.63) is 64.1 Å². The van der Waals surface area contributed by atoms with E-state index in [0.29, 0.717) is 5.56 Å². The van der Waals surface area contributed by atoms with Gasteiger partial charge in [-0.05, 0) is 48.1 Å². The quantitative estimate of drug-likeness (QED) is 0.772. The zero-order valence-corrected chi connectivity index (χ0v) is 16.2. The molecule has 1 heterocycles. The molecule has 0 amide bonds. The molecule has 0 spiro atoms. The molecule has 4 nitrogen and oxygen atoms in total. The number of piperazine rings is 1. The smallest absolute Gasteiger partial charge is 0.173 e. The summed E-state index contributed by atoms with van der Waals surface area (Å²) in [5, 5.41) is 12.9. The molecule has 1 N–H and O–H groups in total. The first-order valence-corrected chi connectivity index (χ1v) is 9.37. The highest BCUT2D eigenvalue weighted by Gasteiger charge is 2.19. The summed E-state index contributed by atoms with van der Waals surface area (Å²) < 4.78 is 1.03. The van der Waals surface area contributed by atoms with E-state index in [1.54, 1.807) is 0 Å². The maximum absolute atomic E-state index is 8.87. The number of nitrogens with one attached hydrogen (secondary N) is 1. The van der Waals surface area contributed by atoms with Gasteiger partial charge in [0.1, 0.15) is 0 Å². The summed E-state index contributed by atoms with van der Waals surface area (Å²) in [6.45, 7) is 4.68. The second-order valence-corrected chi connectivity index (χ2v) is 7.31. The molecule has 1 saturated heterocycles. The Balaban J connectivity index is 1.49. The van der Waals surface area contributed by atoms with E-state index in [-0.39, 0.29) is 0 Å². The van der Waals surface area contributed by atoms with E-state index in [9.17, 15) is 0 Å². The van der Waals surface area contributed by atoms with Crippen molar-refractivity contribution in [3.8, 4) is 6.07 Å². The fourth-order valence-electron chi connectivity index (χ4n) is 2.82. The van der Waals surface area contributed by atoms with E-state index in [2.05, 4.69) is 37.1 Å². The average Bonchev–Trinajstić information content (AvgIpc) is 2.63. The van der Waals surface area contributed by atoms with Crippen molar-refractivity contribution in [3.63, 3.8) is 0 Å². The predicted molar refractivity (Wildman–Crippen MR) is 108 cm³/mol. The molecule has 0 atom stereocenters. The van der Waals surface area contributed by atoms with Crippen molar-refractivity contribution in [2.45, 2.75) is 6.54 Å². The lowest BCUT2D eigenvalue weighted by atomic mass is 10.1. The van der Waals surface area contributed by atoms with E-state index in [4.69, 9.17) is 17.5 Å². The molecular weight excluding hydrogens is 396 g/mol. The van der Waals surface area contributed by atoms with Gasteiger partial charge in [-0.25, -0.2) is 0 Å². The molecule has 2 aromatic rings. The van der Waals surface area contributed by atoms with Crippen molar-refractivity contribution in [1.82, 2.24) is 9.80 Å². The number of nitriles is 1. The highest BCUT2D eigenvalue weighted by Crippen LogP contribution is 2.17. The van der Waals surface area contributed by atoms with Gasteiger partial charge in [0, 0.05) is 42.9 Å². The summed E-state index contributed by atoms with van der Waals surface area (Å²) in [4.78, 5) is 4.63. The number of benzene rings is 2. The van der Waals surface area contributed by atoms with Gasteiger partial charge in [-0.15, -0.1) is 0 Å². The molecule has 128 valence electrons. The Morgan fingerprint density at radius 3 is 2.48 bits per heavy atom. The number of halogens is 1. The van der Waals surface area contributed by atoms with Gasteiger partial charge in [-0.3, -0.25) is 4.90 Å². The highest BCUT2D eigenvalue weighted by atomic mass is 79.9. The van der Waals surface area contributed by atoms with Crippen molar-refractivity contribution >= 4 is 38.9 Å². The number of nitrogens with zero attached hydrogens (tertiary/aromatic N) is 3. The lowest BCUT2D eigenvalue weighted by Gasteiger charge is -2.36. The van der Waals surface area contributed by atoms with E-state index >= 15 is 0 Å². The van der Waals surface area contributed by atoms with Gasteiger partial charge < -0.3 is 10.2 Å². The summed E-state index contributed by atoms with van der Waals surface area (Å²) >= 11 is 9.02. The predicted octanol–water partition coefficient (Wildman–Crippen LogP) is 3.84. The Hall–Kier alpha value is -1.94. The third kappa shape index (κ3) is 5.02. The molecule has 0 aromatic heterocycles. The second-order valence-electron chi connectivity index (χ2n) is 6.01. The van der Waals surface area contributed by atoms with Gasteiger partial charge >= 0.3 is 0 Å². The van der Waals surface area contributed by atoms with E-state index in [1.807, 2.05) is 48.5 Å². The summed E-state index contributed by atoms with van der Waals surface area (Å²) in [5.74, 6) is 0. The molecule has 2 aromatic carbocycles. The summed E-state index contributed by atoms with van der Waals surface area (Å²) in [6, 6.07) is 18.0. The second kappa shape index (κ2) is 8.43. The molecule has 1 aliphatic rings. The van der Waals surface area contributed by atoms with Gasteiger partial charge in [-0.2, -0.15) is 5.26 Å². The first-order valence-electron chi connectivity index (χ1n) is 8.17. The maximum Gasteiger partial charge on any atom is 0.173 e. The van der Waals surface area contributed by atoms with Crippen molar-refractivity contribution in [2.75, 3.05) is 31.5 Å². The Labute approximate surface area is 162 Å². The van der Waals surface area contributed by atoms with Crippen LogP contribution in [-0.2, 0) is 6.54 Å². The molecule has 1 fully saturated rings. The minimum atomic E-state index is 0.706. The van der Waals surface area contributed by atoms with Crippen molar-refractivity contribution in [2.24, 2.45) is 0 Å². The number of hydrogen-bond acceptors (Lipinski definition) is 3. The number of thiocarbonyl (C=S) groups is 1. The van der Waals surface area contributed by atoms with Crippen LogP contribution in [0.15, 0.2) is 53.0 Å². The molecule has 6 heteroatoms. The lowest BCUT2D eigenvalue weighted by molar-refractivity contribution is 0.177. The maximum atomic E-state index is 8.87. The van der Waals surface area contributed by atoms with Crippen LogP contribution in [-0.4, -0.2) is 41.1 Å².